The van der Waals surface area contributed by atoms with Crippen molar-refractivity contribution < 1.29 is 9.84 Å². The van der Waals surface area contributed by atoms with Crippen LogP contribution < -0.4 is 9.64 Å². The van der Waals surface area contributed by atoms with Crippen molar-refractivity contribution >= 4 is 16.6 Å². The number of fused-ring (bicyclic) bond motifs is 1. The summed E-state index contributed by atoms with van der Waals surface area (Å²) >= 11 is 0. The summed E-state index contributed by atoms with van der Waals surface area (Å²) in [4.78, 5) is 6.59. The van der Waals surface area contributed by atoms with Crippen molar-refractivity contribution in [3.05, 3.63) is 30.5 Å². The number of aliphatic hydroxyl groups excluding tert-OH is 1. The van der Waals surface area contributed by atoms with Gasteiger partial charge < -0.3 is 14.7 Å². The number of pyridine rings is 1. The second kappa shape index (κ2) is 4.46. The average molecular weight is 244 g/mol. The summed E-state index contributed by atoms with van der Waals surface area (Å²) in [5.41, 5.74) is 0. The predicted octanol–water partition coefficient (Wildman–Crippen LogP) is 1.81. The molecule has 3 rings (SSSR count). The number of rotatable bonds is 2. The molecule has 1 fully saturated rings. The number of nitrogens with zero attached hydrogens (tertiary/aromatic N) is 2. The van der Waals surface area contributed by atoms with Crippen molar-refractivity contribution in [2.75, 3.05) is 25.1 Å². The van der Waals surface area contributed by atoms with Crippen LogP contribution >= 0.6 is 0 Å². The van der Waals surface area contributed by atoms with Crippen molar-refractivity contribution in [3.63, 3.8) is 0 Å². The fourth-order valence-electron chi connectivity index (χ4n) is 2.45. The van der Waals surface area contributed by atoms with Crippen LogP contribution in [0, 0.1) is 0 Å². The van der Waals surface area contributed by atoms with E-state index in [1.165, 1.54) is 0 Å². The lowest BCUT2D eigenvalue weighted by molar-refractivity contribution is 0.198. The molecule has 2 heterocycles. The second-order valence-corrected chi connectivity index (χ2v) is 4.61. The number of hydrogen-bond donors (Lipinski definition) is 1. The van der Waals surface area contributed by atoms with E-state index < -0.39 is 0 Å². The SMILES string of the molecule is COc1ccc2c(N3CCC(O)C3)nccc2c1. The molecule has 0 aliphatic carbocycles. The lowest BCUT2D eigenvalue weighted by atomic mass is 10.1. The molecule has 4 nitrogen and oxygen atoms in total. The molecule has 18 heavy (non-hydrogen) atoms. The van der Waals surface area contributed by atoms with Gasteiger partial charge in [0, 0.05) is 24.7 Å². The topological polar surface area (TPSA) is 45.6 Å². The molecular formula is C14H16N2O2. The quantitative estimate of drug-likeness (QED) is 0.875. The normalized spacial score (nSPS) is 19.4. The summed E-state index contributed by atoms with van der Waals surface area (Å²) < 4.78 is 5.23. The zero-order chi connectivity index (χ0) is 12.5. The highest BCUT2D eigenvalue weighted by molar-refractivity contribution is 5.93. The first kappa shape index (κ1) is 11.3. The van der Waals surface area contributed by atoms with E-state index in [1.54, 1.807) is 7.11 Å². The van der Waals surface area contributed by atoms with Crippen LogP contribution in [-0.2, 0) is 0 Å². The zero-order valence-electron chi connectivity index (χ0n) is 10.3. The highest BCUT2D eigenvalue weighted by Crippen LogP contribution is 2.29. The number of anilines is 1. The summed E-state index contributed by atoms with van der Waals surface area (Å²) in [5, 5.41) is 11.8. The number of aromatic nitrogens is 1. The number of methoxy groups -OCH3 is 1. The van der Waals surface area contributed by atoms with Crippen molar-refractivity contribution in [1.29, 1.82) is 0 Å². The molecule has 0 saturated carbocycles. The Morgan fingerprint density at radius 3 is 3.00 bits per heavy atom. The van der Waals surface area contributed by atoms with E-state index in [9.17, 15) is 5.11 Å². The van der Waals surface area contributed by atoms with Gasteiger partial charge in [0.2, 0.25) is 0 Å². The maximum Gasteiger partial charge on any atom is 0.136 e. The van der Waals surface area contributed by atoms with E-state index in [2.05, 4.69) is 9.88 Å². The summed E-state index contributed by atoms with van der Waals surface area (Å²) in [7, 11) is 1.67. The Balaban J connectivity index is 2.07. The zero-order valence-corrected chi connectivity index (χ0v) is 10.3. The summed E-state index contributed by atoms with van der Waals surface area (Å²) in [5.74, 6) is 1.80. The van der Waals surface area contributed by atoms with Crippen LogP contribution in [0.25, 0.3) is 10.8 Å². The number of hydrogen-bond acceptors (Lipinski definition) is 4. The number of ether oxygens (including phenoxy) is 1. The summed E-state index contributed by atoms with van der Waals surface area (Å²) in [6.07, 6.45) is 2.39. The molecule has 94 valence electrons. The van der Waals surface area contributed by atoms with E-state index in [-0.39, 0.29) is 6.10 Å². The standard InChI is InChI=1S/C14H16N2O2/c1-18-12-2-3-13-10(8-12)4-6-15-14(13)16-7-5-11(17)9-16/h2-4,6,8,11,17H,5,7,9H2,1H3. The molecule has 1 saturated heterocycles. The molecule has 0 spiro atoms. The molecule has 1 atom stereocenters. The Morgan fingerprint density at radius 1 is 1.39 bits per heavy atom. The van der Waals surface area contributed by atoms with E-state index in [4.69, 9.17) is 4.74 Å². The first-order valence-electron chi connectivity index (χ1n) is 6.13. The molecule has 1 aliphatic rings. The van der Waals surface area contributed by atoms with Gasteiger partial charge in [0.15, 0.2) is 0 Å². The molecule has 1 aromatic carbocycles. The van der Waals surface area contributed by atoms with E-state index in [1.807, 2.05) is 30.5 Å². The predicted molar refractivity (Wildman–Crippen MR) is 71.1 cm³/mol. The molecule has 4 heteroatoms. The monoisotopic (exact) mass is 244 g/mol. The largest absolute Gasteiger partial charge is 0.497 e. The van der Waals surface area contributed by atoms with Crippen molar-refractivity contribution in [2.24, 2.45) is 0 Å². The summed E-state index contributed by atoms with van der Waals surface area (Å²) in [6, 6.07) is 7.96. The van der Waals surface area contributed by atoms with E-state index in [0.29, 0.717) is 6.54 Å². The fraction of sp³-hybridized carbons (Fsp3) is 0.357. The van der Waals surface area contributed by atoms with Gasteiger partial charge >= 0.3 is 0 Å². The van der Waals surface area contributed by atoms with Gasteiger partial charge in [-0.1, -0.05) is 0 Å². The van der Waals surface area contributed by atoms with Crippen molar-refractivity contribution in [2.45, 2.75) is 12.5 Å². The van der Waals surface area contributed by atoms with Gasteiger partial charge in [0.25, 0.3) is 0 Å². The minimum Gasteiger partial charge on any atom is -0.497 e. The lowest BCUT2D eigenvalue weighted by Crippen LogP contribution is -2.22. The van der Waals surface area contributed by atoms with Gasteiger partial charge in [0.1, 0.15) is 11.6 Å². The molecule has 1 aliphatic heterocycles. The number of β-amino-alcohol motifs (C(OH)–C–C–N with tert-alkyl or cyclic N) is 1. The fourth-order valence-corrected chi connectivity index (χ4v) is 2.45. The second-order valence-electron chi connectivity index (χ2n) is 4.61. The van der Waals surface area contributed by atoms with Crippen LogP contribution in [0.2, 0.25) is 0 Å². The van der Waals surface area contributed by atoms with Gasteiger partial charge in [-0.05, 0) is 36.1 Å². The molecule has 2 aromatic rings. The summed E-state index contributed by atoms with van der Waals surface area (Å²) in [6.45, 7) is 1.53. The third-order valence-electron chi connectivity index (χ3n) is 3.41. The van der Waals surface area contributed by atoms with Crippen LogP contribution in [0.15, 0.2) is 30.5 Å². The minimum atomic E-state index is -0.236. The molecule has 0 radical (unpaired) electrons. The van der Waals surface area contributed by atoms with Crippen molar-refractivity contribution in [1.82, 2.24) is 4.98 Å². The first-order chi connectivity index (χ1) is 8.78. The van der Waals surface area contributed by atoms with Crippen LogP contribution in [0.1, 0.15) is 6.42 Å². The number of benzene rings is 1. The minimum absolute atomic E-state index is 0.236. The van der Waals surface area contributed by atoms with Crippen LogP contribution in [0.4, 0.5) is 5.82 Å². The maximum absolute atomic E-state index is 9.63. The Kier molecular flexibility index (Phi) is 2.80. The first-order valence-corrected chi connectivity index (χ1v) is 6.13. The van der Waals surface area contributed by atoms with E-state index in [0.717, 1.165) is 35.3 Å². The third-order valence-corrected chi connectivity index (χ3v) is 3.41. The van der Waals surface area contributed by atoms with Crippen LogP contribution in [0.3, 0.4) is 0 Å². The van der Waals surface area contributed by atoms with Crippen molar-refractivity contribution in [3.8, 4) is 5.75 Å². The Hall–Kier alpha value is -1.81. The van der Waals surface area contributed by atoms with Gasteiger partial charge in [-0.2, -0.15) is 0 Å². The number of aliphatic hydroxyl groups is 1. The highest BCUT2D eigenvalue weighted by atomic mass is 16.5. The van der Waals surface area contributed by atoms with Crippen LogP contribution in [0.5, 0.6) is 5.75 Å². The molecule has 1 unspecified atom stereocenters. The lowest BCUT2D eigenvalue weighted by Gasteiger charge is -2.18. The Bertz CT molecular complexity index is 571. The average Bonchev–Trinajstić information content (AvgIpc) is 2.84. The molecule has 0 amide bonds. The van der Waals surface area contributed by atoms with Crippen LogP contribution in [-0.4, -0.2) is 36.4 Å². The van der Waals surface area contributed by atoms with E-state index >= 15 is 0 Å². The van der Waals surface area contributed by atoms with Gasteiger partial charge in [-0.3, -0.25) is 0 Å². The third kappa shape index (κ3) is 1.88. The highest BCUT2D eigenvalue weighted by Gasteiger charge is 2.22. The molecule has 0 bridgehead atoms. The maximum atomic E-state index is 9.63. The molecule has 1 N–H and O–H groups in total. The Morgan fingerprint density at radius 2 is 2.28 bits per heavy atom. The van der Waals surface area contributed by atoms with Gasteiger partial charge in [-0.25, -0.2) is 4.98 Å². The van der Waals surface area contributed by atoms with Gasteiger partial charge in [-0.15, -0.1) is 0 Å². The van der Waals surface area contributed by atoms with Gasteiger partial charge in [0.05, 0.1) is 13.2 Å². The molecule has 1 aromatic heterocycles. The Labute approximate surface area is 106 Å². The molecular weight excluding hydrogens is 228 g/mol. The smallest absolute Gasteiger partial charge is 0.136 e.